The van der Waals surface area contributed by atoms with Gasteiger partial charge in [-0.05, 0) is 12.0 Å². The number of nitrogens with zero attached hydrogens (tertiary/aromatic N) is 1. The van der Waals surface area contributed by atoms with Gasteiger partial charge in [-0.3, -0.25) is 4.48 Å². The first-order valence-electron chi connectivity index (χ1n) is 13.0. The summed E-state index contributed by atoms with van der Waals surface area (Å²) in [5.41, 5.74) is 1.32. The number of hydrogen-bond donors (Lipinski definition) is 0. The number of hydrogen-bond acceptors (Lipinski definition) is 1. The van der Waals surface area contributed by atoms with Gasteiger partial charge in [0.2, 0.25) is 0 Å². The Kier molecular flexibility index (Phi) is 15.7. The van der Waals surface area contributed by atoms with Crippen molar-refractivity contribution in [3.63, 3.8) is 0 Å². The molecule has 0 aliphatic heterocycles. The first-order valence-corrected chi connectivity index (χ1v) is 13.0. The summed E-state index contributed by atoms with van der Waals surface area (Å²) in [6.07, 6.45) is 22.2. The van der Waals surface area contributed by atoms with Gasteiger partial charge in [-0.1, -0.05) is 127 Å². The van der Waals surface area contributed by atoms with Crippen LogP contribution in [0, 0.1) is 0 Å². The van der Waals surface area contributed by atoms with E-state index in [9.17, 15) is 4.79 Å². The van der Waals surface area contributed by atoms with Crippen molar-refractivity contribution in [1.29, 1.82) is 0 Å². The molecule has 172 valence electrons. The van der Waals surface area contributed by atoms with E-state index < -0.39 is 0 Å². The van der Waals surface area contributed by atoms with Crippen LogP contribution >= 0.6 is 0 Å². The molecule has 0 fully saturated rings. The van der Waals surface area contributed by atoms with Gasteiger partial charge in [-0.25, -0.2) is 4.79 Å². The summed E-state index contributed by atoms with van der Waals surface area (Å²) in [6.45, 7) is 3.18. The Morgan fingerprint density at radius 1 is 0.667 bits per heavy atom. The van der Waals surface area contributed by atoms with E-state index in [4.69, 9.17) is 0 Å². The fraction of sp³-hybridized carbons (Fsp3) is 0.750. The fourth-order valence-electron chi connectivity index (χ4n) is 4.13. The van der Waals surface area contributed by atoms with Crippen molar-refractivity contribution in [3.8, 4) is 0 Å². The van der Waals surface area contributed by atoms with E-state index >= 15 is 0 Å². The van der Waals surface area contributed by atoms with Crippen LogP contribution in [0.1, 0.15) is 115 Å². The summed E-state index contributed by atoms with van der Waals surface area (Å²) < 4.78 is 0.507. The van der Waals surface area contributed by atoms with Crippen molar-refractivity contribution < 1.29 is 9.28 Å². The molecule has 2 nitrogen and oxygen atoms in total. The average molecular weight is 417 g/mol. The maximum Gasteiger partial charge on any atom is 0.313 e. The summed E-state index contributed by atoms with van der Waals surface area (Å²) >= 11 is 0. The molecule has 0 aromatic heterocycles. The molecule has 0 N–H and O–H groups in total. The van der Waals surface area contributed by atoms with Gasteiger partial charge in [-0.2, -0.15) is 0 Å². The Labute approximate surface area is 188 Å². The summed E-state index contributed by atoms with van der Waals surface area (Å²) in [6, 6.07) is 10.5. The van der Waals surface area contributed by atoms with Crippen LogP contribution in [0.2, 0.25) is 0 Å². The summed E-state index contributed by atoms with van der Waals surface area (Å²) in [5, 5.41) is 0. The Morgan fingerprint density at radius 3 is 1.57 bits per heavy atom. The van der Waals surface area contributed by atoms with E-state index in [1.807, 2.05) is 6.07 Å². The predicted molar refractivity (Wildman–Crippen MR) is 132 cm³/mol. The van der Waals surface area contributed by atoms with Crippen LogP contribution in [-0.4, -0.2) is 31.0 Å². The quantitative estimate of drug-likeness (QED) is 0.164. The van der Waals surface area contributed by atoms with Gasteiger partial charge in [0.25, 0.3) is 0 Å². The van der Waals surface area contributed by atoms with Gasteiger partial charge in [0, 0.05) is 6.42 Å². The van der Waals surface area contributed by atoms with Crippen molar-refractivity contribution in [1.82, 2.24) is 0 Å². The van der Waals surface area contributed by atoms with Gasteiger partial charge in [0.05, 0.1) is 27.1 Å². The number of amides is 1. The second-order valence-electron chi connectivity index (χ2n) is 9.74. The van der Waals surface area contributed by atoms with Crippen molar-refractivity contribution in [2.45, 2.75) is 116 Å². The highest BCUT2D eigenvalue weighted by Crippen LogP contribution is 2.15. The normalized spacial score (nSPS) is 11.7. The molecule has 2 heteroatoms. The molecule has 0 unspecified atom stereocenters. The number of likely N-dealkylation sites (N-methyl/N-ethyl adjacent to an activating group) is 1. The number of quaternary nitrogens is 1. The SMILES string of the molecule is CCCCCCCCCCCCCCCCCC(=O)[N+](C)(C)CCc1ccccc1. The molecule has 0 aliphatic carbocycles. The van der Waals surface area contributed by atoms with E-state index in [1.54, 1.807) is 0 Å². The first kappa shape index (κ1) is 26.9. The zero-order valence-corrected chi connectivity index (χ0v) is 20.5. The molecule has 1 aromatic carbocycles. The lowest BCUT2D eigenvalue weighted by molar-refractivity contribution is -0.813. The van der Waals surface area contributed by atoms with Crippen LogP contribution in [-0.2, 0) is 11.2 Å². The van der Waals surface area contributed by atoms with E-state index in [0.717, 1.165) is 25.8 Å². The fourth-order valence-corrected chi connectivity index (χ4v) is 4.13. The monoisotopic (exact) mass is 416 g/mol. The lowest BCUT2D eigenvalue weighted by Gasteiger charge is -2.27. The smallest absolute Gasteiger partial charge is 0.265 e. The Bertz CT molecular complexity index is 523. The molecule has 0 aliphatic rings. The van der Waals surface area contributed by atoms with Gasteiger partial charge in [0.15, 0.2) is 0 Å². The third-order valence-electron chi connectivity index (χ3n) is 6.47. The number of unbranched alkanes of at least 4 members (excludes halogenated alkanes) is 14. The van der Waals surface area contributed by atoms with E-state index in [-0.39, 0.29) is 0 Å². The summed E-state index contributed by atoms with van der Waals surface area (Å²) in [5.74, 6) is 0.389. The van der Waals surface area contributed by atoms with Gasteiger partial charge < -0.3 is 0 Å². The largest absolute Gasteiger partial charge is 0.313 e. The molecular formula is C28H50NO+. The van der Waals surface area contributed by atoms with E-state index in [0.29, 0.717) is 10.4 Å². The first-order chi connectivity index (χ1) is 14.6. The lowest BCUT2D eigenvalue weighted by Crippen LogP contribution is -2.46. The number of rotatable bonds is 19. The molecule has 0 saturated heterocycles. The molecule has 0 spiro atoms. The minimum Gasteiger partial charge on any atom is -0.265 e. The number of benzene rings is 1. The minimum atomic E-state index is 0.389. The van der Waals surface area contributed by atoms with Crippen molar-refractivity contribution >= 4 is 5.91 Å². The highest BCUT2D eigenvalue weighted by atomic mass is 16.2. The predicted octanol–water partition coefficient (Wildman–Crippen LogP) is 8.09. The minimum absolute atomic E-state index is 0.389. The molecule has 1 amide bonds. The molecule has 0 saturated carbocycles. The standard InChI is InChI=1S/C28H50NO/c1-4-5-6-7-8-9-10-11-12-13-14-15-16-17-21-24-28(30)29(2,3)26-25-27-22-19-18-20-23-27/h18-20,22-23H,4-17,21,24-26H2,1-3H3/q+1. The van der Waals surface area contributed by atoms with Crippen LogP contribution in [0.15, 0.2) is 30.3 Å². The van der Waals surface area contributed by atoms with E-state index in [1.165, 1.54) is 95.5 Å². The average Bonchev–Trinajstić information content (AvgIpc) is 2.75. The summed E-state index contributed by atoms with van der Waals surface area (Å²) in [7, 11) is 4.13. The van der Waals surface area contributed by atoms with Gasteiger partial charge in [0.1, 0.15) is 0 Å². The van der Waals surface area contributed by atoms with Gasteiger partial charge >= 0.3 is 5.91 Å². The molecule has 0 heterocycles. The molecule has 0 bridgehead atoms. The van der Waals surface area contributed by atoms with Crippen molar-refractivity contribution in [2.75, 3.05) is 20.6 Å². The number of carbonyl (C=O) groups excluding carboxylic acids is 1. The van der Waals surface area contributed by atoms with Gasteiger partial charge in [-0.15, -0.1) is 0 Å². The molecule has 1 aromatic rings. The lowest BCUT2D eigenvalue weighted by atomic mass is 10.0. The highest BCUT2D eigenvalue weighted by Gasteiger charge is 2.25. The topological polar surface area (TPSA) is 17.1 Å². The molecule has 1 rings (SSSR count). The molecular weight excluding hydrogens is 366 g/mol. The second-order valence-corrected chi connectivity index (χ2v) is 9.74. The van der Waals surface area contributed by atoms with Crippen LogP contribution in [0.5, 0.6) is 0 Å². The molecule has 0 radical (unpaired) electrons. The number of carbonyl (C=O) groups is 1. The van der Waals surface area contributed by atoms with Crippen LogP contribution in [0.4, 0.5) is 0 Å². The zero-order valence-electron chi connectivity index (χ0n) is 20.5. The Hall–Kier alpha value is -1.15. The van der Waals surface area contributed by atoms with E-state index in [2.05, 4.69) is 45.3 Å². The third-order valence-corrected chi connectivity index (χ3v) is 6.47. The van der Waals surface area contributed by atoms with Crippen LogP contribution in [0.25, 0.3) is 0 Å². The Morgan fingerprint density at radius 2 is 1.10 bits per heavy atom. The maximum atomic E-state index is 12.6. The third kappa shape index (κ3) is 14.0. The molecule has 30 heavy (non-hydrogen) atoms. The second kappa shape index (κ2) is 17.5. The van der Waals surface area contributed by atoms with Crippen molar-refractivity contribution in [2.24, 2.45) is 0 Å². The maximum absolute atomic E-state index is 12.6. The van der Waals surface area contributed by atoms with Crippen molar-refractivity contribution in [3.05, 3.63) is 35.9 Å². The zero-order chi connectivity index (χ0) is 21.9. The molecule has 0 atom stereocenters. The highest BCUT2D eigenvalue weighted by molar-refractivity contribution is 5.68. The summed E-state index contributed by atoms with van der Waals surface area (Å²) in [4.78, 5) is 12.6. The van der Waals surface area contributed by atoms with Crippen LogP contribution < -0.4 is 0 Å². The van der Waals surface area contributed by atoms with Crippen LogP contribution in [0.3, 0.4) is 0 Å². The Balaban J connectivity index is 1.91.